The second-order valence-corrected chi connectivity index (χ2v) is 8.24. The number of carbonyl (C=O) groups is 1. The first-order valence-electron chi connectivity index (χ1n) is 8.53. The molecule has 0 bridgehead atoms. The van der Waals surface area contributed by atoms with Gasteiger partial charge in [0.25, 0.3) is 0 Å². The molecule has 3 N–H and O–H groups in total. The summed E-state index contributed by atoms with van der Waals surface area (Å²) in [6.07, 6.45) is 3.05. The third-order valence-corrected chi connectivity index (χ3v) is 6.37. The van der Waals surface area contributed by atoms with Crippen LogP contribution in [0, 0.1) is 5.92 Å². The summed E-state index contributed by atoms with van der Waals surface area (Å²) in [6.45, 7) is 3.53. The number of piperidine rings is 1. The van der Waals surface area contributed by atoms with Crippen LogP contribution in [0.4, 0.5) is 0 Å². The Balaban J connectivity index is 1.82. The Labute approximate surface area is 144 Å². The predicted molar refractivity (Wildman–Crippen MR) is 93.8 cm³/mol. The van der Waals surface area contributed by atoms with Gasteiger partial charge in [-0.25, -0.2) is 8.42 Å². The third-order valence-electron chi connectivity index (χ3n) is 4.46. The van der Waals surface area contributed by atoms with E-state index in [1.54, 1.807) is 30.3 Å². The zero-order valence-corrected chi connectivity index (χ0v) is 15.0. The maximum absolute atomic E-state index is 12.6. The van der Waals surface area contributed by atoms with E-state index in [0.29, 0.717) is 36.9 Å². The Bertz CT molecular complexity index is 626. The van der Waals surface area contributed by atoms with Gasteiger partial charge >= 0.3 is 0 Å². The van der Waals surface area contributed by atoms with E-state index < -0.39 is 16.1 Å². The molecule has 1 aliphatic heterocycles. The number of nitrogens with one attached hydrogen (secondary N) is 1. The number of nitrogens with two attached hydrogens (primary N) is 1. The molecule has 1 amide bonds. The smallest absolute Gasteiger partial charge is 0.243 e. The number of rotatable bonds is 7. The largest absolute Gasteiger partial charge is 0.354 e. The first-order valence-corrected chi connectivity index (χ1v) is 9.97. The molecule has 2 rings (SSSR count). The number of hydrogen-bond acceptors (Lipinski definition) is 4. The van der Waals surface area contributed by atoms with Crippen LogP contribution < -0.4 is 11.1 Å². The molecule has 7 heteroatoms. The molecule has 1 unspecified atom stereocenters. The van der Waals surface area contributed by atoms with Crippen molar-refractivity contribution >= 4 is 15.9 Å². The Kier molecular flexibility index (Phi) is 6.77. The molecule has 0 spiro atoms. The number of amides is 1. The Morgan fingerprint density at radius 1 is 1.29 bits per heavy atom. The molecule has 1 heterocycles. The summed E-state index contributed by atoms with van der Waals surface area (Å²) in [5.41, 5.74) is 5.79. The van der Waals surface area contributed by atoms with Crippen LogP contribution >= 0.6 is 0 Å². The standard InChI is InChI=1S/C17H27N3O3S/c1-2-6-16(18)17(21)19-13-14-9-11-20(12-10-14)24(22,23)15-7-4-3-5-8-15/h3-5,7-8,14,16H,2,6,9-13,18H2,1H3,(H,19,21). The first kappa shape index (κ1) is 18.9. The molecule has 1 fully saturated rings. The van der Waals surface area contributed by atoms with Crippen LogP contribution in [0.1, 0.15) is 32.6 Å². The van der Waals surface area contributed by atoms with Gasteiger partial charge in [-0.2, -0.15) is 4.31 Å². The van der Waals surface area contributed by atoms with Crippen molar-refractivity contribution in [1.29, 1.82) is 0 Å². The third kappa shape index (κ3) is 4.78. The fourth-order valence-electron chi connectivity index (χ4n) is 2.91. The second kappa shape index (κ2) is 8.60. The summed E-state index contributed by atoms with van der Waals surface area (Å²) in [6, 6.07) is 8.06. The fraction of sp³-hybridized carbons (Fsp3) is 0.588. The molecule has 6 nitrogen and oxygen atoms in total. The maximum atomic E-state index is 12.6. The molecule has 134 valence electrons. The summed E-state index contributed by atoms with van der Waals surface area (Å²) in [5, 5.41) is 2.89. The normalized spacial score (nSPS) is 18.2. The molecule has 0 aliphatic carbocycles. The number of nitrogens with zero attached hydrogens (tertiary/aromatic N) is 1. The van der Waals surface area contributed by atoms with E-state index in [0.717, 1.165) is 19.3 Å². The van der Waals surface area contributed by atoms with Crippen molar-refractivity contribution in [3.8, 4) is 0 Å². The summed E-state index contributed by atoms with van der Waals surface area (Å²) in [5.74, 6) is 0.182. The number of hydrogen-bond donors (Lipinski definition) is 2. The van der Waals surface area contributed by atoms with Gasteiger partial charge in [0.05, 0.1) is 10.9 Å². The second-order valence-electron chi connectivity index (χ2n) is 6.30. The van der Waals surface area contributed by atoms with Crippen LogP contribution in [0.25, 0.3) is 0 Å². The Morgan fingerprint density at radius 3 is 2.50 bits per heavy atom. The van der Waals surface area contributed by atoms with E-state index >= 15 is 0 Å². The molecule has 1 aromatic carbocycles. The van der Waals surface area contributed by atoms with Gasteiger partial charge in [0.2, 0.25) is 15.9 Å². The quantitative estimate of drug-likeness (QED) is 0.773. The monoisotopic (exact) mass is 353 g/mol. The van der Waals surface area contributed by atoms with Crippen molar-refractivity contribution in [2.45, 2.75) is 43.5 Å². The lowest BCUT2D eigenvalue weighted by Crippen LogP contribution is -2.45. The van der Waals surface area contributed by atoms with Gasteiger partial charge in [-0.15, -0.1) is 0 Å². The molecule has 24 heavy (non-hydrogen) atoms. The molecule has 1 atom stereocenters. The van der Waals surface area contributed by atoms with Crippen LogP contribution in [0.15, 0.2) is 35.2 Å². The molecule has 0 radical (unpaired) electrons. The SMILES string of the molecule is CCCC(N)C(=O)NCC1CCN(S(=O)(=O)c2ccccc2)CC1. The van der Waals surface area contributed by atoms with E-state index in [1.165, 1.54) is 4.31 Å². The van der Waals surface area contributed by atoms with E-state index in [2.05, 4.69) is 5.32 Å². The molecular weight excluding hydrogens is 326 g/mol. The highest BCUT2D eigenvalue weighted by molar-refractivity contribution is 7.89. The van der Waals surface area contributed by atoms with Gasteiger partial charge in [0.15, 0.2) is 0 Å². The summed E-state index contributed by atoms with van der Waals surface area (Å²) >= 11 is 0. The van der Waals surface area contributed by atoms with Gasteiger partial charge in [0, 0.05) is 19.6 Å². The van der Waals surface area contributed by atoms with Crippen molar-refractivity contribution in [2.24, 2.45) is 11.7 Å². The van der Waals surface area contributed by atoms with E-state index in [1.807, 2.05) is 6.92 Å². The molecule has 0 saturated carbocycles. The van der Waals surface area contributed by atoms with Crippen LogP contribution in [-0.4, -0.2) is 44.3 Å². The van der Waals surface area contributed by atoms with Crippen molar-refractivity contribution in [2.75, 3.05) is 19.6 Å². The lowest BCUT2D eigenvalue weighted by atomic mass is 9.98. The van der Waals surface area contributed by atoms with Gasteiger partial charge in [-0.3, -0.25) is 4.79 Å². The molecule has 1 aliphatic rings. The highest BCUT2D eigenvalue weighted by Gasteiger charge is 2.29. The predicted octanol–water partition coefficient (Wildman–Crippen LogP) is 1.33. The average Bonchev–Trinajstić information content (AvgIpc) is 2.61. The van der Waals surface area contributed by atoms with Gasteiger partial charge in [0.1, 0.15) is 0 Å². The summed E-state index contributed by atoms with van der Waals surface area (Å²) in [4.78, 5) is 12.2. The van der Waals surface area contributed by atoms with E-state index in [-0.39, 0.29) is 5.91 Å². The van der Waals surface area contributed by atoms with E-state index in [9.17, 15) is 13.2 Å². The van der Waals surface area contributed by atoms with Crippen molar-refractivity contribution in [1.82, 2.24) is 9.62 Å². The van der Waals surface area contributed by atoms with Crippen molar-refractivity contribution in [3.63, 3.8) is 0 Å². The van der Waals surface area contributed by atoms with Crippen molar-refractivity contribution in [3.05, 3.63) is 30.3 Å². The Morgan fingerprint density at radius 2 is 1.92 bits per heavy atom. The number of carbonyl (C=O) groups excluding carboxylic acids is 1. The minimum Gasteiger partial charge on any atom is -0.354 e. The lowest BCUT2D eigenvalue weighted by molar-refractivity contribution is -0.122. The highest BCUT2D eigenvalue weighted by atomic mass is 32.2. The average molecular weight is 353 g/mol. The maximum Gasteiger partial charge on any atom is 0.243 e. The minimum absolute atomic E-state index is 0.115. The van der Waals surface area contributed by atoms with Crippen LogP contribution in [0.3, 0.4) is 0 Å². The van der Waals surface area contributed by atoms with Crippen LogP contribution in [0.2, 0.25) is 0 Å². The number of benzene rings is 1. The first-order chi connectivity index (χ1) is 11.4. The van der Waals surface area contributed by atoms with Crippen LogP contribution in [0.5, 0.6) is 0 Å². The zero-order chi connectivity index (χ0) is 17.6. The van der Waals surface area contributed by atoms with Gasteiger partial charge < -0.3 is 11.1 Å². The zero-order valence-electron chi connectivity index (χ0n) is 14.1. The fourth-order valence-corrected chi connectivity index (χ4v) is 4.40. The summed E-state index contributed by atoms with van der Waals surface area (Å²) < 4.78 is 26.7. The van der Waals surface area contributed by atoms with Gasteiger partial charge in [-0.05, 0) is 37.3 Å². The molecule has 1 aromatic rings. The van der Waals surface area contributed by atoms with Crippen molar-refractivity contribution < 1.29 is 13.2 Å². The molecule has 0 aromatic heterocycles. The summed E-state index contributed by atoms with van der Waals surface area (Å²) in [7, 11) is -3.41. The lowest BCUT2D eigenvalue weighted by Gasteiger charge is -2.31. The topological polar surface area (TPSA) is 92.5 Å². The Hall–Kier alpha value is -1.44. The van der Waals surface area contributed by atoms with E-state index in [4.69, 9.17) is 5.73 Å². The minimum atomic E-state index is -3.41. The van der Waals surface area contributed by atoms with Gasteiger partial charge in [-0.1, -0.05) is 31.5 Å². The number of sulfonamides is 1. The highest BCUT2D eigenvalue weighted by Crippen LogP contribution is 2.23. The molecule has 1 saturated heterocycles. The molecular formula is C17H27N3O3S. The van der Waals surface area contributed by atoms with Crippen LogP contribution in [-0.2, 0) is 14.8 Å².